The van der Waals surface area contributed by atoms with Crippen LogP contribution in [0.25, 0.3) is 0 Å². The number of hydrogen-bond donors (Lipinski definition) is 2. The molecule has 0 unspecified atom stereocenters. The molecule has 0 radical (unpaired) electrons. The minimum Gasteiger partial charge on any atom is -0.370 e. The number of nitrogens with two attached hydrogens (primary N) is 1. The van der Waals surface area contributed by atoms with E-state index in [4.69, 9.17) is 5.73 Å². The van der Waals surface area contributed by atoms with Gasteiger partial charge in [0.15, 0.2) is 0 Å². The molecule has 0 saturated heterocycles. The first-order valence-corrected chi connectivity index (χ1v) is 6.70. The molecule has 18 heavy (non-hydrogen) atoms. The molecule has 5 heteroatoms. The summed E-state index contributed by atoms with van der Waals surface area (Å²) in [5, 5.41) is 7.81. The molecule has 3 N–H and O–H groups in total. The van der Waals surface area contributed by atoms with Gasteiger partial charge in [0.1, 0.15) is 0 Å². The van der Waals surface area contributed by atoms with Gasteiger partial charge in [-0.3, -0.25) is 9.48 Å². The molecule has 0 aliphatic heterocycles. The van der Waals surface area contributed by atoms with Crippen molar-refractivity contribution < 1.29 is 4.79 Å². The van der Waals surface area contributed by atoms with E-state index in [2.05, 4.69) is 24.3 Å². The maximum absolute atomic E-state index is 10.6. The summed E-state index contributed by atoms with van der Waals surface area (Å²) in [5.41, 5.74) is 6.11. The van der Waals surface area contributed by atoms with E-state index in [9.17, 15) is 4.79 Å². The maximum atomic E-state index is 10.6. The Morgan fingerprint density at radius 1 is 1.50 bits per heavy atom. The molecular formula is C13H24N4O. The predicted molar refractivity (Wildman–Crippen MR) is 72.0 cm³/mol. The molecule has 0 saturated carbocycles. The van der Waals surface area contributed by atoms with Crippen LogP contribution in [-0.2, 0) is 11.3 Å². The molecule has 0 spiro atoms. The molecule has 0 bridgehead atoms. The minimum absolute atomic E-state index is 0.241. The first kappa shape index (κ1) is 14.7. The Bertz CT molecular complexity index is 358. The standard InChI is InChI=1S/C13H24N4O/c1-3-12(4-2)17-9-7-11(16-17)10-15-8-5-6-13(14)18/h7,9,12,15H,3-6,8,10H2,1-2H3,(H2,14,18). The van der Waals surface area contributed by atoms with Crippen LogP contribution >= 0.6 is 0 Å². The first-order chi connectivity index (χ1) is 8.67. The van der Waals surface area contributed by atoms with Crippen molar-refractivity contribution in [3.8, 4) is 0 Å². The molecule has 1 aromatic heterocycles. The summed E-state index contributed by atoms with van der Waals surface area (Å²) in [6.07, 6.45) is 5.46. The third-order valence-corrected chi connectivity index (χ3v) is 3.06. The normalized spacial score (nSPS) is 11.1. The van der Waals surface area contributed by atoms with E-state index in [1.165, 1.54) is 0 Å². The van der Waals surface area contributed by atoms with Crippen LogP contribution in [0, 0.1) is 0 Å². The van der Waals surface area contributed by atoms with Crippen LogP contribution in [-0.4, -0.2) is 22.2 Å². The predicted octanol–water partition coefficient (Wildman–Crippen LogP) is 1.60. The number of carbonyl (C=O) groups is 1. The molecule has 1 amide bonds. The van der Waals surface area contributed by atoms with Crippen molar-refractivity contribution >= 4 is 5.91 Å². The smallest absolute Gasteiger partial charge is 0.217 e. The largest absolute Gasteiger partial charge is 0.370 e. The fraction of sp³-hybridized carbons (Fsp3) is 0.692. The Kier molecular flexibility index (Phi) is 6.43. The van der Waals surface area contributed by atoms with Crippen molar-refractivity contribution in [1.29, 1.82) is 0 Å². The zero-order valence-electron chi connectivity index (χ0n) is 11.4. The van der Waals surface area contributed by atoms with Crippen LogP contribution in [0.1, 0.15) is 51.3 Å². The van der Waals surface area contributed by atoms with Gasteiger partial charge in [-0.15, -0.1) is 0 Å². The van der Waals surface area contributed by atoms with E-state index in [1.807, 2.05) is 16.9 Å². The van der Waals surface area contributed by atoms with Crippen LogP contribution in [0.5, 0.6) is 0 Å². The lowest BCUT2D eigenvalue weighted by Crippen LogP contribution is -2.18. The number of nitrogens with one attached hydrogen (secondary N) is 1. The molecule has 0 aliphatic rings. The van der Waals surface area contributed by atoms with E-state index in [0.717, 1.165) is 38.0 Å². The van der Waals surface area contributed by atoms with Crippen LogP contribution in [0.2, 0.25) is 0 Å². The number of primary amides is 1. The van der Waals surface area contributed by atoms with Crippen LogP contribution < -0.4 is 11.1 Å². The number of aromatic nitrogens is 2. The Labute approximate surface area is 109 Å². The third-order valence-electron chi connectivity index (χ3n) is 3.06. The fourth-order valence-corrected chi connectivity index (χ4v) is 1.94. The Balaban J connectivity index is 2.29. The van der Waals surface area contributed by atoms with Gasteiger partial charge in [0.25, 0.3) is 0 Å². The van der Waals surface area contributed by atoms with Gasteiger partial charge in [0.05, 0.1) is 11.7 Å². The van der Waals surface area contributed by atoms with Gasteiger partial charge in [-0.1, -0.05) is 13.8 Å². The lowest BCUT2D eigenvalue weighted by molar-refractivity contribution is -0.118. The quantitative estimate of drug-likeness (QED) is 0.656. The second-order valence-electron chi connectivity index (χ2n) is 4.50. The molecule has 0 aliphatic carbocycles. The van der Waals surface area contributed by atoms with E-state index >= 15 is 0 Å². The fourth-order valence-electron chi connectivity index (χ4n) is 1.94. The van der Waals surface area contributed by atoms with E-state index in [-0.39, 0.29) is 5.91 Å². The average Bonchev–Trinajstić information content (AvgIpc) is 2.79. The van der Waals surface area contributed by atoms with E-state index < -0.39 is 0 Å². The summed E-state index contributed by atoms with van der Waals surface area (Å²) in [7, 11) is 0. The molecule has 102 valence electrons. The monoisotopic (exact) mass is 252 g/mol. The lowest BCUT2D eigenvalue weighted by Gasteiger charge is -2.12. The second-order valence-corrected chi connectivity index (χ2v) is 4.50. The Morgan fingerprint density at radius 2 is 2.22 bits per heavy atom. The van der Waals surface area contributed by atoms with Gasteiger partial charge >= 0.3 is 0 Å². The zero-order valence-corrected chi connectivity index (χ0v) is 11.4. The minimum atomic E-state index is -0.241. The Morgan fingerprint density at radius 3 is 2.83 bits per heavy atom. The summed E-state index contributed by atoms with van der Waals surface area (Å²) in [5.74, 6) is -0.241. The van der Waals surface area contributed by atoms with Crippen molar-refractivity contribution in [2.24, 2.45) is 5.73 Å². The van der Waals surface area contributed by atoms with Crippen molar-refractivity contribution in [3.05, 3.63) is 18.0 Å². The molecule has 1 rings (SSSR count). The van der Waals surface area contributed by atoms with E-state index in [1.54, 1.807) is 0 Å². The topological polar surface area (TPSA) is 72.9 Å². The third kappa shape index (κ3) is 4.87. The number of amides is 1. The number of rotatable bonds is 9. The van der Waals surface area contributed by atoms with Crippen molar-refractivity contribution in [1.82, 2.24) is 15.1 Å². The highest BCUT2D eigenvalue weighted by Crippen LogP contribution is 2.14. The van der Waals surface area contributed by atoms with Crippen molar-refractivity contribution in [2.45, 2.75) is 52.1 Å². The first-order valence-electron chi connectivity index (χ1n) is 6.70. The summed E-state index contributed by atoms with van der Waals surface area (Å²) < 4.78 is 2.04. The molecule has 1 aromatic rings. The summed E-state index contributed by atoms with van der Waals surface area (Å²) >= 11 is 0. The molecule has 5 nitrogen and oxygen atoms in total. The maximum Gasteiger partial charge on any atom is 0.217 e. The van der Waals surface area contributed by atoms with Crippen LogP contribution in [0.15, 0.2) is 12.3 Å². The molecule has 1 heterocycles. The SMILES string of the molecule is CCC(CC)n1ccc(CNCCCC(N)=O)n1. The number of carbonyl (C=O) groups excluding carboxylic acids is 1. The van der Waals surface area contributed by atoms with Gasteiger partial charge in [-0.25, -0.2) is 0 Å². The number of hydrogen-bond acceptors (Lipinski definition) is 3. The van der Waals surface area contributed by atoms with Crippen molar-refractivity contribution in [3.63, 3.8) is 0 Å². The van der Waals surface area contributed by atoms with Gasteiger partial charge in [0.2, 0.25) is 5.91 Å². The van der Waals surface area contributed by atoms with Gasteiger partial charge in [-0.2, -0.15) is 5.10 Å². The molecule has 0 atom stereocenters. The average molecular weight is 252 g/mol. The van der Waals surface area contributed by atoms with Crippen LogP contribution in [0.4, 0.5) is 0 Å². The van der Waals surface area contributed by atoms with Crippen LogP contribution in [0.3, 0.4) is 0 Å². The summed E-state index contributed by atoms with van der Waals surface area (Å²) in [6.45, 7) is 5.89. The zero-order chi connectivity index (χ0) is 13.4. The molecular weight excluding hydrogens is 228 g/mol. The molecule has 0 aromatic carbocycles. The highest BCUT2D eigenvalue weighted by Gasteiger charge is 2.07. The van der Waals surface area contributed by atoms with E-state index in [0.29, 0.717) is 12.5 Å². The molecule has 0 fully saturated rings. The van der Waals surface area contributed by atoms with Gasteiger partial charge in [-0.05, 0) is 31.9 Å². The number of nitrogens with zero attached hydrogens (tertiary/aromatic N) is 2. The summed E-state index contributed by atoms with van der Waals surface area (Å²) in [4.78, 5) is 10.6. The highest BCUT2D eigenvalue weighted by molar-refractivity contribution is 5.73. The Hall–Kier alpha value is -1.36. The highest BCUT2D eigenvalue weighted by atomic mass is 16.1. The summed E-state index contributed by atoms with van der Waals surface area (Å²) in [6, 6.07) is 2.54. The second kappa shape index (κ2) is 7.87. The van der Waals surface area contributed by atoms with Gasteiger partial charge in [0, 0.05) is 19.2 Å². The van der Waals surface area contributed by atoms with Crippen molar-refractivity contribution in [2.75, 3.05) is 6.54 Å². The lowest BCUT2D eigenvalue weighted by atomic mass is 10.2. The van der Waals surface area contributed by atoms with Gasteiger partial charge < -0.3 is 11.1 Å².